The predicted octanol–water partition coefficient (Wildman–Crippen LogP) is 1.35. The van der Waals surface area contributed by atoms with E-state index in [1.165, 1.54) is 24.3 Å². The van der Waals surface area contributed by atoms with Gasteiger partial charge < -0.3 is 0 Å². The Hall–Kier alpha value is -1.67. The summed E-state index contributed by atoms with van der Waals surface area (Å²) in [7, 11) is 1.01. The minimum Gasteiger partial charge on any atom is -0.274 e. The van der Waals surface area contributed by atoms with Crippen molar-refractivity contribution in [2.45, 2.75) is 12.5 Å². The highest BCUT2D eigenvalue weighted by Crippen LogP contribution is 2.38. The summed E-state index contributed by atoms with van der Waals surface area (Å²) in [6, 6.07) is 4.63. The highest BCUT2D eigenvalue weighted by atomic mass is 35.7. The number of benzene rings is 1. The molecule has 1 saturated heterocycles. The molecule has 0 N–H and O–H groups in total. The van der Waals surface area contributed by atoms with E-state index in [4.69, 9.17) is 10.7 Å². The number of carbonyl (C=O) groups is 1. The molecule has 2 rings (SSSR count). The molecule has 1 heterocycles. The van der Waals surface area contributed by atoms with Gasteiger partial charge in [0.05, 0.1) is 17.4 Å². The molecule has 1 aromatic rings. The van der Waals surface area contributed by atoms with Crippen molar-refractivity contribution in [1.29, 1.82) is 0 Å². The van der Waals surface area contributed by atoms with Crippen molar-refractivity contribution in [2.75, 3.05) is 0 Å². The molecule has 1 aliphatic rings. The Labute approximate surface area is 107 Å². The Bertz CT molecular complexity index is 612. The van der Waals surface area contributed by atoms with Crippen LogP contribution in [-0.4, -0.2) is 23.6 Å². The van der Waals surface area contributed by atoms with Crippen LogP contribution in [0.1, 0.15) is 18.0 Å². The van der Waals surface area contributed by atoms with Crippen LogP contribution >= 0.6 is 10.7 Å². The summed E-state index contributed by atoms with van der Waals surface area (Å²) in [5.74, 6) is -0.589. The molecule has 0 radical (unpaired) electrons. The third-order valence-electron chi connectivity index (χ3n) is 2.62. The number of hydrogen-bond acceptors (Lipinski definition) is 5. The van der Waals surface area contributed by atoms with Crippen LogP contribution in [0.3, 0.4) is 0 Å². The Morgan fingerprint density at radius 2 is 1.89 bits per heavy atom. The monoisotopic (exact) mass is 290 g/mol. The standard InChI is InChI=1S/C9H7ClN2O5S/c10-18(16,17)11-8(5-9(11)13)6-1-3-7(4-2-6)12(14)15/h1-4,8H,5H2/t8-/m0/s1. The van der Waals surface area contributed by atoms with Gasteiger partial charge in [0.15, 0.2) is 0 Å². The normalized spacial score (nSPS) is 19.5. The van der Waals surface area contributed by atoms with E-state index >= 15 is 0 Å². The smallest absolute Gasteiger partial charge is 0.274 e. The topological polar surface area (TPSA) is 97.6 Å². The first kappa shape index (κ1) is 12.8. The molecule has 0 aromatic heterocycles. The maximum Gasteiger partial charge on any atom is 0.324 e. The number of carbonyl (C=O) groups excluding carboxylic acids is 1. The Morgan fingerprint density at radius 1 is 1.33 bits per heavy atom. The number of β-lactam (4-membered cyclic amide) rings is 1. The summed E-state index contributed by atoms with van der Waals surface area (Å²) in [6.45, 7) is 0. The van der Waals surface area contributed by atoms with Gasteiger partial charge in [-0.3, -0.25) is 14.9 Å². The van der Waals surface area contributed by atoms with Gasteiger partial charge in [-0.25, -0.2) is 4.31 Å². The van der Waals surface area contributed by atoms with Crippen molar-refractivity contribution in [3.8, 4) is 0 Å². The summed E-state index contributed by atoms with van der Waals surface area (Å²) in [5.41, 5.74) is 0.383. The van der Waals surface area contributed by atoms with E-state index in [1.54, 1.807) is 0 Å². The van der Waals surface area contributed by atoms with Gasteiger partial charge in [0.25, 0.3) is 5.69 Å². The van der Waals surface area contributed by atoms with Crippen molar-refractivity contribution < 1.29 is 18.1 Å². The lowest BCUT2D eigenvalue weighted by atomic mass is 9.97. The fourth-order valence-electron chi connectivity index (χ4n) is 1.74. The molecular weight excluding hydrogens is 284 g/mol. The minimum absolute atomic E-state index is 0.0176. The fourth-order valence-corrected chi connectivity index (χ4v) is 3.08. The molecule has 1 aromatic carbocycles. The van der Waals surface area contributed by atoms with E-state index in [2.05, 4.69) is 0 Å². The zero-order valence-electron chi connectivity index (χ0n) is 8.82. The van der Waals surface area contributed by atoms with Crippen LogP contribution in [0.5, 0.6) is 0 Å². The Morgan fingerprint density at radius 3 is 2.28 bits per heavy atom. The predicted molar refractivity (Wildman–Crippen MR) is 62.1 cm³/mol. The molecule has 0 spiro atoms. The van der Waals surface area contributed by atoms with Crippen molar-refractivity contribution in [1.82, 2.24) is 4.31 Å². The van der Waals surface area contributed by atoms with Crippen LogP contribution in [-0.2, 0) is 14.0 Å². The van der Waals surface area contributed by atoms with Gasteiger partial charge in [0, 0.05) is 22.8 Å². The quantitative estimate of drug-likeness (QED) is 0.362. The molecule has 1 fully saturated rings. The van der Waals surface area contributed by atoms with Gasteiger partial charge in [-0.2, -0.15) is 8.42 Å². The highest BCUT2D eigenvalue weighted by Gasteiger charge is 2.44. The second-order valence-electron chi connectivity index (χ2n) is 3.70. The number of nitrogens with zero attached hydrogens (tertiary/aromatic N) is 2. The van der Waals surface area contributed by atoms with E-state index in [0.717, 1.165) is 0 Å². The number of halogens is 1. The molecule has 1 amide bonds. The van der Waals surface area contributed by atoms with Gasteiger partial charge in [-0.1, -0.05) is 12.1 Å². The first-order chi connectivity index (χ1) is 8.30. The Kier molecular flexibility index (Phi) is 2.99. The summed E-state index contributed by atoms with van der Waals surface area (Å²) >= 11 is 0. The largest absolute Gasteiger partial charge is 0.324 e. The van der Waals surface area contributed by atoms with Crippen LogP contribution in [0.2, 0.25) is 0 Å². The lowest BCUT2D eigenvalue weighted by Gasteiger charge is -2.37. The molecule has 0 saturated carbocycles. The van der Waals surface area contributed by atoms with Crippen molar-refractivity contribution in [3.63, 3.8) is 0 Å². The van der Waals surface area contributed by atoms with Gasteiger partial charge >= 0.3 is 9.24 Å². The summed E-state index contributed by atoms with van der Waals surface area (Å²) < 4.78 is 22.9. The molecule has 0 bridgehead atoms. The third-order valence-corrected chi connectivity index (χ3v) is 3.99. The lowest BCUT2D eigenvalue weighted by molar-refractivity contribution is -0.384. The van der Waals surface area contributed by atoms with Gasteiger partial charge in [-0.05, 0) is 5.56 Å². The molecule has 9 heteroatoms. The lowest BCUT2D eigenvalue weighted by Crippen LogP contribution is -2.47. The average molecular weight is 291 g/mol. The molecular formula is C9H7ClN2O5S. The van der Waals surface area contributed by atoms with Gasteiger partial charge in [0.2, 0.25) is 5.91 Å². The van der Waals surface area contributed by atoms with Gasteiger partial charge in [0.1, 0.15) is 0 Å². The van der Waals surface area contributed by atoms with Crippen molar-refractivity contribution in [3.05, 3.63) is 39.9 Å². The zero-order valence-corrected chi connectivity index (χ0v) is 10.4. The minimum atomic E-state index is -4.12. The average Bonchev–Trinajstić information content (AvgIpc) is 2.23. The third kappa shape index (κ3) is 2.16. The highest BCUT2D eigenvalue weighted by molar-refractivity contribution is 8.12. The van der Waals surface area contributed by atoms with E-state index in [0.29, 0.717) is 9.87 Å². The van der Waals surface area contributed by atoms with Crippen LogP contribution in [0.15, 0.2) is 24.3 Å². The summed E-state index contributed by atoms with van der Waals surface area (Å²) in [4.78, 5) is 21.1. The molecule has 7 nitrogen and oxygen atoms in total. The zero-order chi connectivity index (χ0) is 13.5. The van der Waals surface area contributed by atoms with Crippen LogP contribution in [0.25, 0.3) is 0 Å². The van der Waals surface area contributed by atoms with E-state index in [-0.39, 0.29) is 12.1 Å². The van der Waals surface area contributed by atoms with Crippen molar-refractivity contribution in [2.24, 2.45) is 0 Å². The number of rotatable bonds is 3. The number of nitro benzene ring substituents is 1. The van der Waals surface area contributed by atoms with Crippen LogP contribution in [0.4, 0.5) is 5.69 Å². The van der Waals surface area contributed by atoms with Crippen LogP contribution < -0.4 is 0 Å². The maximum atomic E-state index is 11.2. The van der Waals surface area contributed by atoms with E-state index in [1.807, 2.05) is 0 Å². The first-order valence-corrected chi connectivity index (χ1v) is 7.08. The fraction of sp³-hybridized carbons (Fsp3) is 0.222. The molecule has 18 heavy (non-hydrogen) atoms. The second-order valence-corrected chi connectivity index (χ2v) is 6.09. The molecule has 0 aliphatic carbocycles. The summed E-state index contributed by atoms with van der Waals surface area (Å²) in [6.07, 6.45) is 0.0176. The molecule has 1 aliphatic heterocycles. The van der Waals surface area contributed by atoms with Crippen LogP contribution in [0, 0.1) is 10.1 Å². The molecule has 96 valence electrons. The number of amides is 1. The SMILES string of the molecule is O=C1C[C@@H](c2ccc([N+](=O)[O-])cc2)N1S(=O)(=O)Cl. The number of hydrogen-bond donors (Lipinski definition) is 0. The molecule has 1 atom stereocenters. The van der Waals surface area contributed by atoms with Crippen molar-refractivity contribution >= 4 is 31.5 Å². The maximum absolute atomic E-state index is 11.2. The Balaban J connectivity index is 2.28. The summed E-state index contributed by atoms with van der Waals surface area (Å²) in [5, 5.41) is 10.5. The van der Waals surface area contributed by atoms with E-state index in [9.17, 15) is 23.3 Å². The van der Waals surface area contributed by atoms with E-state index < -0.39 is 26.1 Å². The first-order valence-electron chi connectivity index (χ1n) is 4.82. The number of nitro groups is 1. The molecule has 0 unspecified atom stereocenters. The van der Waals surface area contributed by atoms with Gasteiger partial charge in [-0.15, -0.1) is 0 Å². The number of non-ortho nitro benzene ring substituents is 1. The second kappa shape index (κ2) is 4.21.